The Morgan fingerprint density at radius 1 is 1.45 bits per heavy atom. The van der Waals surface area contributed by atoms with Crippen molar-refractivity contribution in [3.8, 4) is 0 Å². The van der Waals surface area contributed by atoms with Gasteiger partial charge in [-0.25, -0.2) is 0 Å². The minimum Gasteiger partial charge on any atom is -0.317 e. The highest BCUT2D eigenvalue weighted by Crippen LogP contribution is 2.04. The number of carbonyl (C=O) groups excluding carboxylic acids is 1. The van der Waals surface area contributed by atoms with Crippen LogP contribution in [0.3, 0.4) is 0 Å². The van der Waals surface area contributed by atoms with Gasteiger partial charge in [-0.05, 0) is 26.8 Å². The second-order valence-corrected chi connectivity index (χ2v) is 3.01. The molecule has 1 N–H and O–H groups in total. The van der Waals surface area contributed by atoms with Crippen molar-refractivity contribution in [2.75, 3.05) is 7.05 Å². The van der Waals surface area contributed by atoms with Crippen LogP contribution in [0.4, 0.5) is 0 Å². The molecule has 0 aromatic heterocycles. The van der Waals surface area contributed by atoms with E-state index in [-0.39, 0.29) is 0 Å². The summed E-state index contributed by atoms with van der Waals surface area (Å²) >= 11 is 0. The smallest absolute Gasteiger partial charge is 0.129 e. The van der Waals surface area contributed by atoms with Crippen LogP contribution in [0.15, 0.2) is 0 Å². The zero-order valence-corrected chi connectivity index (χ0v) is 7.81. The summed E-state index contributed by atoms with van der Waals surface area (Å²) in [4.78, 5) is 10.6. The summed E-state index contributed by atoms with van der Waals surface area (Å²) in [6.45, 7) is 3.82. The van der Waals surface area contributed by atoms with Crippen LogP contribution in [-0.2, 0) is 4.79 Å². The molecule has 0 aromatic carbocycles. The van der Waals surface area contributed by atoms with E-state index in [0.29, 0.717) is 18.2 Å². The molecule has 1 unspecified atom stereocenters. The maximum Gasteiger partial charge on any atom is 0.129 e. The van der Waals surface area contributed by atoms with E-state index in [9.17, 15) is 4.79 Å². The summed E-state index contributed by atoms with van der Waals surface area (Å²) in [5.41, 5.74) is 0. The standard InChI is InChI=1S/C9H19NO/c1-4-5-9(10-3)7-6-8(2)11/h9-10H,4-7H2,1-3H3. The van der Waals surface area contributed by atoms with Gasteiger partial charge in [-0.2, -0.15) is 0 Å². The molecule has 0 spiro atoms. The molecule has 2 nitrogen and oxygen atoms in total. The first kappa shape index (κ1) is 10.6. The first-order valence-electron chi connectivity index (χ1n) is 4.37. The summed E-state index contributed by atoms with van der Waals surface area (Å²) < 4.78 is 0. The summed E-state index contributed by atoms with van der Waals surface area (Å²) in [5, 5.41) is 3.21. The molecule has 0 aliphatic heterocycles. The van der Waals surface area contributed by atoms with E-state index in [2.05, 4.69) is 12.2 Å². The third-order valence-corrected chi connectivity index (χ3v) is 1.89. The molecule has 0 radical (unpaired) electrons. The van der Waals surface area contributed by atoms with Crippen molar-refractivity contribution < 1.29 is 4.79 Å². The Morgan fingerprint density at radius 2 is 2.09 bits per heavy atom. The van der Waals surface area contributed by atoms with Gasteiger partial charge in [-0.15, -0.1) is 0 Å². The lowest BCUT2D eigenvalue weighted by Crippen LogP contribution is -2.25. The molecule has 0 bridgehead atoms. The van der Waals surface area contributed by atoms with Crippen molar-refractivity contribution in [2.24, 2.45) is 0 Å². The zero-order chi connectivity index (χ0) is 8.69. The topological polar surface area (TPSA) is 29.1 Å². The number of carbonyl (C=O) groups is 1. The van der Waals surface area contributed by atoms with Crippen LogP contribution < -0.4 is 5.32 Å². The Hall–Kier alpha value is -0.370. The highest BCUT2D eigenvalue weighted by atomic mass is 16.1. The molecule has 0 aromatic rings. The fourth-order valence-corrected chi connectivity index (χ4v) is 1.16. The Kier molecular flexibility index (Phi) is 6.13. The maximum atomic E-state index is 10.6. The zero-order valence-electron chi connectivity index (χ0n) is 7.81. The van der Waals surface area contributed by atoms with Gasteiger partial charge in [-0.3, -0.25) is 0 Å². The lowest BCUT2D eigenvalue weighted by atomic mass is 10.1. The first-order valence-corrected chi connectivity index (χ1v) is 4.37. The van der Waals surface area contributed by atoms with E-state index in [4.69, 9.17) is 0 Å². The van der Waals surface area contributed by atoms with Gasteiger partial charge in [0.2, 0.25) is 0 Å². The Balaban J connectivity index is 3.43. The van der Waals surface area contributed by atoms with Gasteiger partial charge in [0.1, 0.15) is 5.78 Å². The van der Waals surface area contributed by atoms with E-state index in [0.717, 1.165) is 6.42 Å². The van der Waals surface area contributed by atoms with Crippen LogP contribution in [0.25, 0.3) is 0 Å². The molecule has 0 saturated carbocycles. The van der Waals surface area contributed by atoms with E-state index in [1.807, 2.05) is 7.05 Å². The Morgan fingerprint density at radius 3 is 2.45 bits per heavy atom. The van der Waals surface area contributed by atoms with Crippen LogP contribution in [0.2, 0.25) is 0 Å². The van der Waals surface area contributed by atoms with E-state index < -0.39 is 0 Å². The van der Waals surface area contributed by atoms with E-state index >= 15 is 0 Å². The minimum atomic E-state index is 0.293. The summed E-state index contributed by atoms with van der Waals surface area (Å²) in [6.07, 6.45) is 4.05. The second-order valence-electron chi connectivity index (χ2n) is 3.01. The van der Waals surface area contributed by atoms with E-state index in [1.165, 1.54) is 12.8 Å². The number of hydrogen-bond donors (Lipinski definition) is 1. The van der Waals surface area contributed by atoms with Gasteiger partial charge in [0.05, 0.1) is 0 Å². The molecule has 0 saturated heterocycles. The lowest BCUT2D eigenvalue weighted by molar-refractivity contribution is -0.117. The monoisotopic (exact) mass is 157 g/mol. The van der Waals surface area contributed by atoms with Gasteiger partial charge in [0, 0.05) is 12.5 Å². The Bertz CT molecular complexity index is 112. The number of Topliss-reactive ketones (excluding diaryl/α,β-unsaturated/α-hetero) is 1. The van der Waals surface area contributed by atoms with Crippen LogP contribution in [0, 0.1) is 0 Å². The predicted molar refractivity (Wildman–Crippen MR) is 47.7 cm³/mol. The second kappa shape index (κ2) is 6.35. The van der Waals surface area contributed by atoms with Crippen molar-refractivity contribution in [1.82, 2.24) is 5.32 Å². The average molecular weight is 157 g/mol. The quantitative estimate of drug-likeness (QED) is 0.636. The summed E-state index contributed by atoms with van der Waals surface area (Å²) in [7, 11) is 1.96. The van der Waals surface area contributed by atoms with Crippen LogP contribution in [-0.4, -0.2) is 18.9 Å². The van der Waals surface area contributed by atoms with Crippen LogP contribution in [0.5, 0.6) is 0 Å². The molecule has 0 aliphatic rings. The normalized spacial score (nSPS) is 13.0. The van der Waals surface area contributed by atoms with Crippen molar-refractivity contribution >= 4 is 5.78 Å². The van der Waals surface area contributed by atoms with Gasteiger partial charge in [0.15, 0.2) is 0 Å². The van der Waals surface area contributed by atoms with Gasteiger partial charge >= 0.3 is 0 Å². The number of hydrogen-bond acceptors (Lipinski definition) is 2. The molecule has 2 heteroatoms. The molecule has 1 atom stereocenters. The van der Waals surface area contributed by atoms with Crippen LogP contribution >= 0.6 is 0 Å². The van der Waals surface area contributed by atoms with Crippen molar-refractivity contribution in [3.05, 3.63) is 0 Å². The molecular formula is C9H19NO. The molecule has 0 heterocycles. The highest BCUT2D eigenvalue weighted by molar-refractivity contribution is 5.75. The molecule has 0 rings (SSSR count). The maximum absolute atomic E-state index is 10.6. The first-order chi connectivity index (χ1) is 5.20. The van der Waals surface area contributed by atoms with Crippen molar-refractivity contribution in [2.45, 2.75) is 45.6 Å². The highest BCUT2D eigenvalue weighted by Gasteiger charge is 2.04. The predicted octanol–water partition coefficient (Wildman–Crippen LogP) is 1.74. The molecule has 0 aliphatic carbocycles. The molecular weight excluding hydrogens is 138 g/mol. The third-order valence-electron chi connectivity index (χ3n) is 1.89. The fraction of sp³-hybridized carbons (Fsp3) is 0.889. The largest absolute Gasteiger partial charge is 0.317 e. The minimum absolute atomic E-state index is 0.293. The number of rotatable bonds is 6. The van der Waals surface area contributed by atoms with Gasteiger partial charge < -0.3 is 10.1 Å². The molecule has 0 amide bonds. The number of ketones is 1. The fourth-order valence-electron chi connectivity index (χ4n) is 1.16. The Labute approximate surface area is 69.4 Å². The van der Waals surface area contributed by atoms with Crippen LogP contribution in [0.1, 0.15) is 39.5 Å². The van der Waals surface area contributed by atoms with E-state index in [1.54, 1.807) is 6.92 Å². The average Bonchev–Trinajstić information content (AvgIpc) is 1.97. The van der Waals surface area contributed by atoms with Gasteiger partial charge in [0.25, 0.3) is 0 Å². The van der Waals surface area contributed by atoms with Crippen molar-refractivity contribution in [3.63, 3.8) is 0 Å². The molecule has 66 valence electrons. The SMILES string of the molecule is CCCC(CCC(C)=O)NC. The number of nitrogens with one attached hydrogen (secondary N) is 1. The van der Waals surface area contributed by atoms with Gasteiger partial charge in [-0.1, -0.05) is 13.3 Å². The molecule has 0 fully saturated rings. The summed E-state index contributed by atoms with van der Waals surface area (Å²) in [6, 6.07) is 0.531. The molecule has 11 heavy (non-hydrogen) atoms. The van der Waals surface area contributed by atoms with Crippen molar-refractivity contribution in [1.29, 1.82) is 0 Å². The summed E-state index contributed by atoms with van der Waals surface area (Å²) in [5.74, 6) is 0.293. The lowest BCUT2D eigenvalue weighted by Gasteiger charge is -2.13. The third kappa shape index (κ3) is 6.05.